The molecular weight excluding hydrogens is 166 g/mol. The fourth-order valence-electron chi connectivity index (χ4n) is 0.962. The smallest absolute Gasteiger partial charge is 0.307 e. The van der Waals surface area contributed by atoms with Crippen LogP contribution in [-0.2, 0) is 4.79 Å². The first-order valence-corrected chi connectivity index (χ1v) is 4.46. The normalized spacial score (nSPS) is 12.0. The topological polar surface area (TPSA) is 40.5 Å². The van der Waals surface area contributed by atoms with Gasteiger partial charge in [0.25, 0.3) is 0 Å². The predicted octanol–water partition coefficient (Wildman–Crippen LogP) is 1.05. The summed E-state index contributed by atoms with van der Waals surface area (Å²) in [6.07, 6.45) is 0. The fraction of sp³-hybridized carbons (Fsp3) is 0.700. The Morgan fingerprint density at radius 3 is 2.62 bits per heavy atom. The second kappa shape index (κ2) is 6.50. The Hall–Kier alpha value is -1.01. The fourth-order valence-corrected chi connectivity index (χ4v) is 0.962. The molecule has 0 saturated carbocycles. The number of carboxylic acid groups (broad SMARTS) is 1. The molecule has 0 aromatic carbocycles. The maximum atomic E-state index is 10.6. The summed E-state index contributed by atoms with van der Waals surface area (Å²) in [5, 5.41) is 8.69. The van der Waals surface area contributed by atoms with Gasteiger partial charge in [-0.2, -0.15) is 0 Å². The highest BCUT2D eigenvalue weighted by atomic mass is 16.4. The second-order valence-corrected chi connectivity index (χ2v) is 2.99. The minimum absolute atomic E-state index is 0.321. The van der Waals surface area contributed by atoms with E-state index in [-0.39, 0.29) is 5.92 Å². The van der Waals surface area contributed by atoms with Crippen molar-refractivity contribution in [1.82, 2.24) is 4.90 Å². The maximum Gasteiger partial charge on any atom is 0.307 e. The summed E-state index contributed by atoms with van der Waals surface area (Å²) in [6, 6.07) is 0. The lowest BCUT2D eigenvalue weighted by atomic mass is 10.2. The van der Waals surface area contributed by atoms with E-state index in [1.54, 1.807) is 13.8 Å². The Kier molecular flexibility index (Phi) is 5.99. The molecule has 0 amide bonds. The monoisotopic (exact) mass is 183 g/mol. The van der Waals surface area contributed by atoms with Crippen LogP contribution >= 0.6 is 0 Å². The molecule has 0 spiro atoms. The van der Waals surface area contributed by atoms with Gasteiger partial charge in [0.2, 0.25) is 0 Å². The van der Waals surface area contributed by atoms with E-state index in [0.717, 1.165) is 6.54 Å². The van der Waals surface area contributed by atoms with E-state index in [4.69, 9.17) is 5.11 Å². The van der Waals surface area contributed by atoms with Crippen molar-refractivity contribution >= 4 is 5.97 Å². The van der Waals surface area contributed by atoms with Gasteiger partial charge in [-0.15, -0.1) is 5.92 Å². The van der Waals surface area contributed by atoms with Gasteiger partial charge in [-0.3, -0.25) is 9.69 Å². The first-order valence-electron chi connectivity index (χ1n) is 4.46. The van der Waals surface area contributed by atoms with E-state index in [9.17, 15) is 4.79 Å². The average molecular weight is 183 g/mol. The summed E-state index contributed by atoms with van der Waals surface area (Å²) in [5.74, 6) is 4.65. The molecule has 0 radical (unpaired) electrons. The van der Waals surface area contributed by atoms with E-state index >= 15 is 0 Å². The lowest BCUT2D eigenvalue weighted by Gasteiger charge is -2.19. The van der Waals surface area contributed by atoms with E-state index in [2.05, 4.69) is 11.8 Å². The highest BCUT2D eigenvalue weighted by Crippen LogP contribution is 1.99. The number of carboxylic acids is 1. The van der Waals surface area contributed by atoms with Gasteiger partial charge in [0.05, 0.1) is 12.5 Å². The van der Waals surface area contributed by atoms with Crippen molar-refractivity contribution in [2.75, 3.05) is 19.6 Å². The van der Waals surface area contributed by atoms with Crippen molar-refractivity contribution in [2.45, 2.75) is 20.8 Å². The van der Waals surface area contributed by atoms with Crippen molar-refractivity contribution < 1.29 is 9.90 Å². The van der Waals surface area contributed by atoms with Gasteiger partial charge in [0.15, 0.2) is 0 Å². The van der Waals surface area contributed by atoms with Crippen molar-refractivity contribution in [3.8, 4) is 11.8 Å². The number of nitrogens with zero attached hydrogens (tertiary/aromatic N) is 1. The molecule has 1 unspecified atom stereocenters. The molecule has 74 valence electrons. The standard InChI is InChI=1S/C10H17NO2/c1-4-6-7-11(5-2)8-9(3)10(12)13/h9H,5,7-8H2,1-3H3,(H,12,13). The SMILES string of the molecule is CC#CCN(CC)CC(C)C(=O)O. The largest absolute Gasteiger partial charge is 0.481 e. The summed E-state index contributed by atoms with van der Waals surface area (Å²) < 4.78 is 0. The van der Waals surface area contributed by atoms with Crippen LogP contribution in [0.1, 0.15) is 20.8 Å². The molecule has 1 atom stereocenters. The Bertz CT molecular complexity index is 215. The molecule has 0 saturated heterocycles. The van der Waals surface area contributed by atoms with Crippen molar-refractivity contribution in [3.05, 3.63) is 0 Å². The summed E-state index contributed by atoms with van der Waals surface area (Å²) >= 11 is 0. The second-order valence-electron chi connectivity index (χ2n) is 2.99. The molecule has 0 rings (SSSR count). The number of hydrogen-bond donors (Lipinski definition) is 1. The third kappa shape index (κ3) is 5.26. The van der Waals surface area contributed by atoms with Crippen LogP contribution < -0.4 is 0 Å². The van der Waals surface area contributed by atoms with Crippen LogP contribution in [0.2, 0.25) is 0 Å². The first kappa shape index (κ1) is 12.0. The van der Waals surface area contributed by atoms with Gasteiger partial charge in [0.1, 0.15) is 0 Å². The maximum absolute atomic E-state index is 10.6. The van der Waals surface area contributed by atoms with Crippen LogP contribution in [0.3, 0.4) is 0 Å². The van der Waals surface area contributed by atoms with Crippen LogP contribution in [0.4, 0.5) is 0 Å². The minimum atomic E-state index is -0.747. The molecule has 3 heteroatoms. The van der Waals surface area contributed by atoms with Crippen LogP contribution in [-0.4, -0.2) is 35.6 Å². The average Bonchev–Trinajstić information content (AvgIpc) is 2.11. The molecule has 0 fully saturated rings. The van der Waals surface area contributed by atoms with Gasteiger partial charge < -0.3 is 5.11 Å². The molecule has 3 nitrogen and oxygen atoms in total. The lowest BCUT2D eigenvalue weighted by molar-refractivity contribution is -0.141. The third-order valence-electron chi connectivity index (χ3n) is 1.88. The Morgan fingerprint density at radius 1 is 1.62 bits per heavy atom. The third-order valence-corrected chi connectivity index (χ3v) is 1.88. The van der Waals surface area contributed by atoms with E-state index in [1.807, 2.05) is 11.8 Å². The van der Waals surface area contributed by atoms with E-state index < -0.39 is 5.97 Å². The number of aliphatic carboxylic acids is 1. The van der Waals surface area contributed by atoms with Gasteiger partial charge in [0, 0.05) is 6.54 Å². The van der Waals surface area contributed by atoms with Crippen molar-refractivity contribution in [1.29, 1.82) is 0 Å². The van der Waals surface area contributed by atoms with Crippen LogP contribution in [0, 0.1) is 17.8 Å². The van der Waals surface area contributed by atoms with Crippen molar-refractivity contribution in [2.24, 2.45) is 5.92 Å². The zero-order valence-electron chi connectivity index (χ0n) is 8.50. The summed E-state index contributed by atoms with van der Waals surface area (Å²) in [5.41, 5.74) is 0. The summed E-state index contributed by atoms with van der Waals surface area (Å²) in [7, 11) is 0. The molecule has 0 aliphatic heterocycles. The Balaban J connectivity index is 3.94. The van der Waals surface area contributed by atoms with Crippen molar-refractivity contribution in [3.63, 3.8) is 0 Å². The van der Waals surface area contributed by atoms with Crippen LogP contribution in [0.25, 0.3) is 0 Å². The molecule has 0 bridgehead atoms. The highest BCUT2D eigenvalue weighted by molar-refractivity contribution is 5.69. The summed E-state index contributed by atoms with van der Waals surface area (Å²) in [6.45, 7) is 7.57. The van der Waals surface area contributed by atoms with Gasteiger partial charge in [-0.05, 0) is 13.5 Å². The molecule has 0 aromatic heterocycles. The molecule has 0 aliphatic rings. The Morgan fingerprint density at radius 2 is 2.23 bits per heavy atom. The predicted molar refractivity (Wildman–Crippen MR) is 52.4 cm³/mol. The first-order chi connectivity index (χ1) is 6.11. The minimum Gasteiger partial charge on any atom is -0.481 e. The zero-order valence-corrected chi connectivity index (χ0v) is 8.50. The van der Waals surface area contributed by atoms with E-state index in [1.165, 1.54) is 0 Å². The molecular formula is C10H17NO2. The van der Waals surface area contributed by atoms with Crippen LogP contribution in [0.15, 0.2) is 0 Å². The lowest BCUT2D eigenvalue weighted by Crippen LogP contribution is -2.32. The molecule has 1 N–H and O–H groups in total. The zero-order chi connectivity index (χ0) is 10.3. The van der Waals surface area contributed by atoms with Gasteiger partial charge in [-0.25, -0.2) is 0 Å². The Labute approximate surface area is 79.7 Å². The molecule has 0 aliphatic carbocycles. The highest BCUT2D eigenvalue weighted by Gasteiger charge is 2.13. The van der Waals surface area contributed by atoms with Gasteiger partial charge in [-0.1, -0.05) is 19.8 Å². The number of carbonyl (C=O) groups is 1. The van der Waals surface area contributed by atoms with Crippen LogP contribution in [0.5, 0.6) is 0 Å². The summed E-state index contributed by atoms with van der Waals surface area (Å²) in [4.78, 5) is 12.6. The molecule has 0 aromatic rings. The van der Waals surface area contributed by atoms with E-state index in [0.29, 0.717) is 13.1 Å². The van der Waals surface area contributed by atoms with Gasteiger partial charge >= 0.3 is 5.97 Å². The number of rotatable bonds is 5. The molecule has 13 heavy (non-hydrogen) atoms. The quantitative estimate of drug-likeness (QED) is 0.648. The molecule has 0 heterocycles. The number of hydrogen-bond acceptors (Lipinski definition) is 2.